The highest BCUT2D eigenvalue weighted by molar-refractivity contribution is 7.89. The summed E-state index contributed by atoms with van der Waals surface area (Å²) >= 11 is 0. The van der Waals surface area contributed by atoms with Crippen molar-refractivity contribution < 1.29 is 8.42 Å². The second-order valence-corrected chi connectivity index (χ2v) is 7.11. The number of hydrogen-bond donors (Lipinski definition) is 3. The van der Waals surface area contributed by atoms with Crippen LogP contribution in [0.3, 0.4) is 0 Å². The monoisotopic (exact) mass is 283 g/mol. The summed E-state index contributed by atoms with van der Waals surface area (Å²) in [4.78, 5) is 0.361. The molecule has 0 heterocycles. The maximum absolute atomic E-state index is 12.3. The molecular formula is C13H21N3O2S. The third-order valence-corrected chi connectivity index (χ3v) is 5.44. The average molecular weight is 283 g/mol. The first-order chi connectivity index (χ1) is 8.85. The zero-order valence-corrected chi connectivity index (χ0v) is 12.3. The Hall–Kier alpha value is -1.11. The Labute approximate surface area is 114 Å². The molecule has 0 bridgehead atoms. The number of nitrogen functional groups attached to an aromatic ring is 1. The van der Waals surface area contributed by atoms with Crippen LogP contribution >= 0.6 is 0 Å². The summed E-state index contributed by atoms with van der Waals surface area (Å²) in [5.41, 5.74) is 4.65. The predicted octanol–water partition coefficient (Wildman–Crippen LogP) is 1.52. The van der Waals surface area contributed by atoms with E-state index >= 15 is 0 Å². The number of sulfonamides is 1. The SMILES string of the molecule is Cc1cc(NN)cc(C)c1S(=O)(=O)NCC1CC1C. The minimum Gasteiger partial charge on any atom is -0.324 e. The molecule has 1 aromatic rings. The van der Waals surface area contributed by atoms with Crippen molar-refractivity contribution in [2.75, 3.05) is 12.0 Å². The Morgan fingerprint density at radius 2 is 1.84 bits per heavy atom. The molecule has 1 fully saturated rings. The van der Waals surface area contributed by atoms with Crippen molar-refractivity contribution in [3.63, 3.8) is 0 Å². The van der Waals surface area contributed by atoms with E-state index in [1.165, 1.54) is 0 Å². The molecule has 1 aromatic carbocycles. The molecule has 1 saturated carbocycles. The normalized spacial score (nSPS) is 22.3. The van der Waals surface area contributed by atoms with E-state index in [1.807, 2.05) is 0 Å². The van der Waals surface area contributed by atoms with Crippen LogP contribution in [-0.4, -0.2) is 15.0 Å². The van der Waals surface area contributed by atoms with Crippen LogP contribution in [0.2, 0.25) is 0 Å². The van der Waals surface area contributed by atoms with Gasteiger partial charge in [-0.05, 0) is 55.4 Å². The molecule has 5 nitrogen and oxygen atoms in total. The van der Waals surface area contributed by atoms with E-state index in [-0.39, 0.29) is 0 Å². The molecule has 0 amide bonds. The molecule has 0 saturated heterocycles. The van der Waals surface area contributed by atoms with E-state index in [2.05, 4.69) is 17.1 Å². The summed E-state index contributed by atoms with van der Waals surface area (Å²) < 4.78 is 27.4. The van der Waals surface area contributed by atoms with E-state index in [0.717, 1.165) is 6.42 Å². The van der Waals surface area contributed by atoms with Gasteiger partial charge in [-0.1, -0.05) is 6.92 Å². The lowest BCUT2D eigenvalue weighted by atomic mass is 10.1. The molecule has 0 spiro atoms. The predicted molar refractivity (Wildman–Crippen MR) is 76.2 cm³/mol. The summed E-state index contributed by atoms with van der Waals surface area (Å²) in [6.07, 6.45) is 1.11. The number of rotatable bonds is 5. The van der Waals surface area contributed by atoms with Crippen molar-refractivity contribution in [1.29, 1.82) is 0 Å². The lowest BCUT2D eigenvalue weighted by Gasteiger charge is -2.13. The highest BCUT2D eigenvalue weighted by Gasteiger charge is 2.33. The van der Waals surface area contributed by atoms with Gasteiger partial charge in [0.2, 0.25) is 10.0 Å². The topological polar surface area (TPSA) is 84.2 Å². The molecule has 2 atom stereocenters. The fourth-order valence-electron chi connectivity index (χ4n) is 2.43. The Morgan fingerprint density at radius 3 is 2.26 bits per heavy atom. The summed E-state index contributed by atoms with van der Waals surface area (Å²) in [5, 5.41) is 0. The van der Waals surface area contributed by atoms with Crippen LogP contribution in [0.4, 0.5) is 5.69 Å². The molecular weight excluding hydrogens is 262 g/mol. The first-order valence-corrected chi connectivity index (χ1v) is 7.91. The zero-order valence-electron chi connectivity index (χ0n) is 11.5. The van der Waals surface area contributed by atoms with E-state index in [9.17, 15) is 8.42 Å². The highest BCUT2D eigenvalue weighted by atomic mass is 32.2. The van der Waals surface area contributed by atoms with Crippen LogP contribution in [0.5, 0.6) is 0 Å². The van der Waals surface area contributed by atoms with Gasteiger partial charge in [-0.15, -0.1) is 0 Å². The molecule has 0 radical (unpaired) electrons. The lowest BCUT2D eigenvalue weighted by Crippen LogP contribution is -2.27. The smallest absolute Gasteiger partial charge is 0.241 e. The molecule has 6 heteroatoms. The fraction of sp³-hybridized carbons (Fsp3) is 0.538. The van der Waals surface area contributed by atoms with Gasteiger partial charge in [-0.3, -0.25) is 5.84 Å². The van der Waals surface area contributed by atoms with Gasteiger partial charge in [0.15, 0.2) is 0 Å². The van der Waals surface area contributed by atoms with Gasteiger partial charge in [0, 0.05) is 12.2 Å². The quantitative estimate of drug-likeness (QED) is 0.565. The summed E-state index contributed by atoms with van der Waals surface area (Å²) in [7, 11) is -3.44. The summed E-state index contributed by atoms with van der Waals surface area (Å²) in [6.45, 7) is 6.22. The number of benzene rings is 1. The van der Waals surface area contributed by atoms with E-state index in [1.54, 1.807) is 26.0 Å². The van der Waals surface area contributed by atoms with Gasteiger partial charge in [0.1, 0.15) is 0 Å². The maximum atomic E-state index is 12.3. The van der Waals surface area contributed by atoms with Gasteiger partial charge in [-0.25, -0.2) is 13.1 Å². The van der Waals surface area contributed by atoms with Crippen molar-refractivity contribution in [3.05, 3.63) is 23.3 Å². The second-order valence-electron chi connectivity index (χ2n) is 5.41. The van der Waals surface area contributed by atoms with E-state index < -0.39 is 10.0 Å². The molecule has 2 rings (SSSR count). The summed E-state index contributed by atoms with van der Waals surface area (Å²) in [6, 6.07) is 3.47. The number of hydrogen-bond acceptors (Lipinski definition) is 4. The van der Waals surface area contributed by atoms with Gasteiger partial charge >= 0.3 is 0 Å². The molecule has 0 aliphatic heterocycles. The van der Waals surface area contributed by atoms with Crippen molar-refractivity contribution in [2.45, 2.75) is 32.1 Å². The third kappa shape index (κ3) is 3.08. The zero-order chi connectivity index (χ0) is 14.2. The minimum absolute atomic E-state index is 0.361. The fourth-order valence-corrected chi connectivity index (χ4v) is 3.97. The summed E-state index contributed by atoms with van der Waals surface area (Å²) in [5.74, 6) is 6.47. The van der Waals surface area contributed by atoms with Crippen molar-refractivity contribution in [2.24, 2.45) is 17.7 Å². The third-order valence-electron chi connectivity index (χ3n) is 3.71. The Morgan fingerprint density at radius 1 is 1.32 bits per heavy atom. The minimum atomic E-state index is -3.44. The van der Waals surface area contributed by atoms with Crippen molar-refractivity contribution >= 4 is 15.7 Å². The molecule has 0 aromatic heterocycles. The molecule has 2 unspecified atom stereocenters. The van der Waals surface area contributed by atoms with Crippen LogP contribution in [-0.2, 0) is 10.0 Å². The van der Waals surface area contributed by atoms with Crippen LogP contribution < -0.4 is 16.0 Å². The molecule has 4 N–H and O–H groups in total. The van der Waals surface area contributed by atoms with E-state index in [0.29, 0.717) is 40.1 Å². The van der Waals surface area contributed by atoms with Crippen LogP contribution in [0.1, 0.15) is 24.5 Å². The van der Waals surface area contributed by atoms with Gasteiger partial charge < -0.3 is 5.43 Å². The van der Waals surface area contributed by atoms with E-state index in [4.69, 9.17) is 5.84 Å². The Kier molecular flexibility index (Phi) is 3.85. The first-order valence-electron chi connectivity index (χ1n) is 6.42. The van der Waals surface area contributed by atoms with Gasteiger partial charge in [0.25, 0.3) is 0 Å². The largest absolute Gasteiger partial charge is 0.324 e. The molecule has 1 aliphatic rings. The molecule has 106 valence electrons. The maximum Gasteiger partial charge on any atom is 0.241 e. The number of anilines is 1. The standard InChI is InChI=1S/C13H21N3O2S/c1-8-4-11(8)7-15-19(17,18)13-9(2)5-12(16-14)6-10(13)3/h5-6,8,11,15-16H,4,7,14H2,1-3H3. The number of nitrogens with two attached hydrogens (primary N) is 1. The molecule has 19 heavy (non-hydrogen) atoms. The molecule has 1 aliphatic carbocycles. The first kappa shape index (κ1) is 14.3. The van der Waals surface area contributed by atoms with Crippen LogP contribution in [0, 0.1) is 25.7 Å². The van der Waals surface area contributed by atoms with Gasteiger partial charge in [-0.2, -0.15) is 0 Å². The van der Waals surface area contributed by atoms with Crippen molar-refractivity contribution in [1.82, 2.24) is 4.72 Å². The Bertz CT molecular complexity index is 561. The highest BCUT2D eigenvalue weighted by Crippen LogP contribution is 2.37. The Balaban J connectivity index is 2.24. The average Bonchev–Trinajstić information content (AvgIpc) is 3.01. The van der Waals surface area contributed by atoms with Crippen LogP contribution in [0.15, 0.2) is 17.0 Å². The second kappa shape index (κ2) is 5.11. The number of aryl methyl sites for hydroxylation is 2. The number of hydrazine groups is 1. The lowest BCUT2D eigenvalue weighted by molar-refractivity contribution is 0.573. The van der Waals surface area contributed by atoms with Crippen molar-refractivity contribution in [3.8, 4) is 0 Å². The van der Waals surface area contributed by atoms with Gasteiger partial charge in [0.05, 0.1) is 4.90 Å². The number of nitrogens with one attached hydrogen (secondary N) is 2. The van der Waals surface area contributed by atoms with Crippen LogP contribution in [0.25, 0.3) is 0 Å².